The van der Waals surface area contributed by atoms with Crippen molar-refractivity contribution in [1.29, 1.82) is 5.26 Å². The van der Waals surface area contributed by atoms with Gasteiger partial charge in [0.15, 0.2) is 0 Å². The lowest BCUT2D eigenvalue weighted by atomic mass is 10.1. The predicted molar refractivity (Wildman–Crippen MR) is 116 cm³/mol. The maximum atomic E-state index is 12.8. The molecule has 0 bridgehead atoms. The van der Waals surface area contributed by atoms with Gasteiger partial charge in [-0.2, -0.15) is 18.4 Å². The number of alkyl halides is 3. The van der Waals surface area contributed by atoms with Gasteiger partial charge < -0.3 is 9.64 Å². The van der Waals surface area contributed by atoms with Crippen LogP contribution >= 0.6 is 0 Å². The molecule has 1 amide bonds. The van der Waals surface area contributed by atoms with Crippen molar-refractivity contribution in [3.05, 3.63) is 84.1 Å². The summed E-state index contributed by atoms with van der Waals surface area (Å²) in [6.45, 7) is 4.18. The van der Waals surface area contributed by atoms with Crippen LogP contribution in [0.4, 0.5) is 13.2 Å². The summed E-state index contributed by atoms with van der Waals surface area (Å²) in [5.41, 5.74) is 1.63. The molecule has 2 atom stereocenters. The molecule has 34 heavy (non-hydrogen) atoms. The van der Waals surface area contributed by atoms with E-state index in [1.54, 1.807) is 34.0 Å². The number of ether oxygens (including phenoxy) is 1. The van der Waals surface area contributed by atoms with Crippen LogP contribution in [0.1, 0.15) is 22.7 Å². The molecule has 0 spiro atoms. The molecular formula is C24H20F3N5O2. The van der Waals surface area contributed by atoms with Crippen LogP contribution in [0.25, 0.3) is 11.3 Å². The molecule has 1 aliphatic heterocycles. The predicted octanol–water partition coefficient (Wildman–Crippen LogP) is 3.99. The van der Waals surface area contributed by atoms with E-state index in [0.717, 1.165) is 17.7 Å². The van der Waals surface area contributed by atoms with E-state index in [2.05, 4.69) is 23.0 Å². The number of nitriles is 1. The zero-order chi connectivity index (χ0) is 24.3. The van der Waals surface area contributed by atoms with Crippen LogP contribution in [-0.4, -0.2) is 45.0 Å². The molecule has 0 saturated carbocycles. The molecular weight excluding hydrogens is 447 g/mol. The first-order valence-electron chi connectivity index (χ1n) is 10.4. The van der Waals surface area contributed by atoms with Gasteiger partial charge in [0.25, 0.3) is 0 Å². The van der Waals surface area contributed by atoms with Crippen molar-refractivity contribution in [2.75, 3.05) is 13.1 Å². The lowest BCUT2D eigenvalue weighted by Gasteiger charge is -2.19. The average molecular weight is 467 g/mol. The second-order valence-corrected chi connectivity index (χ2v) is 7.84. The molecule has 174 valence electrons. The van der Waals surface area contributed by atoms with Gasteiger partial charge in [0.1, 0.15) is 5.69 Å². The van der Waals surface area contributed by atoms with Crippen LogP contribution in [0.5, 0.6) is 0 Å². The Hall–Kier alpha value is -3.97. The third-order valence-electron chi connectivity index (χ3n) is 5.61. The van der Waals surface area contributed by atoms with Crippen LogP contribution in [0, 0.1) is 11.3 Å². The number of rotatable bonds is 6. The van der Waals surface area contributed by atoms with Crippen LogP contribution in [0.15, 0.2) is 67.4 Å². The molecule has 1 saturated heterocycles. The Morgan fingerprint density at radius 2 is 2.00 bits per heavy atom. The van der Waals surface area contributed by atoms with Crippen LogP contribution in [-0.2, 0) is 22.3 Å². The SMILES string of the molecule is C=CC(=O)N1CC(n2cc(-c3cccc(C#N)c3)nn2)[C@H](OCc2ccc(C(F)(F)F)cc2)C1. The molecule has 1 fully saturated rings. The number of nitrogens with zero attached hydrogens (tertiary/aromatic N) is 5. The maximum absolute atomic E-state index is 12.8. The first-order valence-corrected chi connectivity index (χ1v) is 10.4. The quantitative estimate of drug-likeness (QED) is 0.512. The molecule has 1 aromatic heterocycles. The van der Waals surface area contributed by atoms with E-state index < -0.39 is 17.8 Å². The van der Waals surface area contributed by atoms with Crippen molar-refractivity contribution in [3.8, 4) is 17.3 Å². The molecule has 2 heterocycles. The van der Waals surface area contributed by atoms with Gasteiger partial charge in [0.2, 0.25) is 5.91 Å². The first-order chi connectivity index (χ1) is 16.3. The molecule has 0 aliphatic carbocycles. The largest absolute Gasteiger partial charge is 0.416 e. The van der Waals surface area contributed by atoms with Gasteiger partial charge in [0.05, 0.1) is 42.1 Å². The molecule has 0 N–H and O–H groups in total. The van der Waals surface area contributed by atoms with E-state index in [9.17, 15) is 18.0 Å². The summed E-state index contributed by atoms with van der Waals surface area (Å²) in [6, 6.07) is 13.4. The summed E-state index contributed by atoms with van der Waals surface area (Å²) in [7, 11) is 0. The molecule has 3 aromatic rings. The Morgan fingerprint density at radius 1 is 1.24 bits per heavy atom. The second-order valence-electron chi connectivity index (χ2n) is 7.84. The first kappa shape index (κ1) is 23.2. The zero-order valence-electron chi connectivity index (χ0n) is 17.9. The Bertz CT molecular complexity index is 1230. The second kappa shape index (κ2) is 9.49. The Morgan fingerprint density at radius 3 is 2.68 bits per heavy atom. The summed E-state index contributed by atoms with van der Waals surface area (Å²) in [6.07, 6.45) is -1.93. The highest BCUT2D eigenvalue weighted by Crippen LogP contribution is 2.30. The van der Waals surface area contributed by atoms with E-state index >= 15 is 0 Å². The van der Waals surface area contributed by atoms with Crippen LogP contribution < -0.4 is 0 Å². The lowest BCUT2D eigenvalue weighted by Crippen LogP contribution is -2.28. The molecule has 0 radical (unpaired) electrons. The third-order valence-corrected chi connectivity index (χ3v) is 5.61. The van der Waals surface area contributed by atoms with Crippen LogP contribution in [0.2, 0.25) is 0 Å². The minimum absolute atomic E-state index is 0.0706. The smallest absolute Gasteiger partial charge is 0.369 e. The number of hydrogen-bond acceptors (Lipinski definition) is 5. The highest BCUT2D eigenvalue weighted by atomic mass is 19.4. The highest BCUT2D eigenvalue weighted by molar-refractivity contribution is 5.87. The average Bonchev–Trinajstić information content (AvgIpc) is 3.49. The van der Waals surface area contributed by atoms with E-state index in [4.69, 9.17) is 10.00 Å². The molecule has 1 aliphatic rings. The van der Waals surface area contributed by atoms with Gasteiger partial charge in [-0.3, -0.25) is 4.79 Å². The number of benzene rings is 2. The van der Waals surface area contributed by atoms with Gasteiger partial charge in [-0.05, 0) is 35.9 Å². The number of amides is 1. The Labute approximate surface area is 193 Å². The van der Waals surface area contributed by atoms with Gasteiger partial charge in [-0.25, -0.2) is 4.68 Å². The highest BCUT2D eigenvalue weighted by Gasteiger charge is 2.37. The summed E-state index contributed by atoms with van der Waals surface area (Å²) in [4.78, 5) is 13.8. The summed E-state index contributed by atoms with van der Waals surface area (Å²) in [5.74, 6) is -0.257. The number of likely N-dealkylation sites (tertiary alicyclic amines) is 1. The third kappa shape index (κ3) is 5.00. The van der Waals surface area contributed by atoms with Crippen molar-refractivity contribution >= 4 is 5.91 Å². The van der Waals surface area contributed by atoms with Crippen molar-refractivity contribution < 1.29 is 22.7 Å². The van der Waals surface area contributed by atoms with Crippen molar-refractivity contribution in [2.45, 2.75) is 24.9 Å². The molecule has 1 unspecified atom stereocenters. The van der Waals surface area contributed by atoms with E-state index in [-0.39, 0.29) is 25.1 Å². The number of aromatic nitrogens is 3. The van der Waals surface area contributed by atoms with E-state index in [1.807, 2.05) is 6.07 Å². The van der Waals surface area contributed by atoms with Crippen molar-refractivity contribution in [1.82, 2.24) is 19.9 Å². The fourth-order valence-electron chi connectivity index (χ4n) is 3.80. The maximum Gasteiger partial charge on any atom is 0.416 e. The van der Waals surface area contributed by atoms with Crippen LogP contribution in [0.3, 0.4) is 0 Å². The zero-order valence-corrected chi connectivity index (χ0v) is 17.9. The summed E-state index contributed by atoms with van der Waals surface area (Å²) >= 11 is 0. The van der Waals surface area contributed by atoms with E-state index in [1.165, 1.54) is 18.2 Å². The van der Waals surface area contributed by atoms with Gasteiger partial charge in [-0.15, -0.1) is 5.10 Å². The number of carbonyl (C=O) groups is 1. The molecule has 2 aromatic carbocycles. The number of hydrogen-bond donors (Lipinski definition) is 0. The van der Waals surface area contributed by atoms with E-state index in [0.29, 0.717) is 23.4 Å². The molecule has 4 rings (SSSR count). The van der Waals surface area contributed by atoms with Crippen molar-refractivity contribution in [3.63, 3.8) is 0 Å². The van der Waals surface area contributed by atoms with Gasteiger partial charge >= 0.3 is 6.18 Å². The fraction of sp³-hybridized carbons (Fsp3) is 0.250. The number of carbonyl (C=O) groups excluding carboxylic acids is 1. The minimum atomic E-state index is -4.40. The standard InChI is InChI=1S/C24H20F3N5O2/c1-2-23(33)31-13-21(32-12-20(29-30-32)18-5-3-4-17(10-18)11-28)22(14-31)34-15-16-6-8-19(9-7-16)24(25,26)27/h2-10,12,21-22H,1,13-15H2/t21?,22-/m1/s1. The number of halogens is 3. The fourth-order valence-corrected chi connectivity index (χ4v) is 3.80. The molecule has 10 heteroatoms. The van der Waals surface area contributed by atoms with Crippen molar-refractivity contribution in [2.24, 2.45) is 0 Å². The molecule has 7 nitrogen and oxygen atoms in total. The Balaban J connectivity index is 1.52. The lowest BCUT2D eigenvalue weighted by molar-refractivity contribution is -0.137. The normalized spacial score (nSPS) is 18.0. The minimum Gasteiger partial charge on any atom is -0.369 e. The summed E-state index contributed by atoms with van der Waals surface area (Å²) < 4.78 is 46.0. The summed E-state index contributed by atoms with van der Waals surface area (Å²) in [5, 5.41) is 17.5. The topological polar surface area (TPSA) is 84.0 Å². The van der Waals surface area contributed by atoms with Gasteiger partial charge in [-0.1, -0.05) is 36.1 Å². The Kier molecular flexibility index (Phi) is 6.47. The van der Waals surface area contributed by atoms with Gasteiger partial charge in [0, 0.05) is 18.7 Å². The monoisotopic (exact) mass is 467 g/mol.